The molecule has 0 amide bonds. The Kier molecular flexibility index (Phi) is 4.28. The van der Waals surface area contributed by atoms with E-state index >= 15 is 0 Å². The quantitative estimate of drug-likeness (QED) is 0.339. The fourth-order valence-corrected chi connectivity index (χ4v) is 2.23. The standard InChI is InChI=1S/C12H19NO4/c1-8(6-13-16)10-4-5-12(3,15)11(10)7-17-9(2)14/h6,11,15-16H,4-5,7H2,1-3H3/b10-8+,13-6+/t11-,12-/m0/s1. The van der Waals surface area contributed by atoms with Crippen molar-refractivity contribution in [3.63, 3.8) is 0 Å². The summed E-state index contributed by atoms with van der Waals surface area (Å²) < 4.78 is 4.98. The van der Waals surface area contributed by atoms with E-state index in [1.807, 2.05) is 6.92 Å². The van der Waals surface area contributed by atoms with Crippen LogP contribution in [-0.4, -0.2) is 34.7 Å². The molecule has 1 rings (SSSR count). The van der Waals surface area contributed by atoms with Gasteiger partial charge in [-0.25, -0.2) is 0 Å². The first-order valence-electron chi connectivity index (χ1n) is 5.61. The Balaban J connectivity index is 2.91. The molecule has 17 heavy (non-hydrogen) atoms. The van der Waals surface area contributed by atoms with E-state index < -0.39 is 5.60 Å². The van der Waals surface area contributed by atoms with Crippen molar-refractivity contribution in [1.82, 2.24) is 0 Å². The zero-order valence-electron chi connectivity index (χ0n) is 10.4. The van der Waals surface area contributed by atoms with E-state index in [0.717, 1.165) is 17.6 Å². The van der Waals surface area contributed by atoms with E-state index in [1.54, 1.807) is 6.92 Å². The number of ether oxygens (including phenoxy) is 1. The second-order valence-electron chi connectivity index (χ2n) is 4.67. The Labute approximate surface area is 101 Å². The average Bonchev–Trinajstić information content (AvgIpc) is 2.51. The number of oxime groups is 1. The third-order valence-corrected chi connectivity index (χ3v) is 3.28. The number of carbonyl (C=O) groups is 1. The van der Waals surface area contributed by atoms with Crippen molar-refractivity contribution in [2.24, 2.45) is 11.1 Å². The highest BCUT2D eigenvalue weighted by molar-refractivity contribution is 5.78. The molecular formula is C12H19NO4. The van der Waals surface area contributed by atoms with Gasteiger partial charge in [0.05, 0.1) is 11.8 Å². The average molecular weight is 241 g/mol. The molecule has 0 heterocycles. The maximum absolute atomic E-state index is 10.8. The van der Waals surface area contributed by atoms with Gasteiger partial charge in [0.2, 0.25) is 0 Å². The van der Waals surface area contributed by atoms with Crippen LogP contribution in [0.5, 0.6) is 0 Å². The van der Waals surface area contributed by atoms with Crippen LogP contribution in [0.1, 0.15) is 33.6 Å². The van der Waals surface area contributed by atoms with Gasteiger partial charge in [0, 0.05) is 12.8 Å². The smallest absolute Gasteiger partial charge is 0.302 e. The fourth-order valence-electron chi connectivity index (χ4n) is 2.23. The first-order valence-corrected chi connectivity index (χ1v) is 5.61. The number of allylic oxidation sites excluding steroid dienone is 1. The number of hydrogen-bond acceptors (Lipinski definition) is 5. The number of nitrogens with zero attached hydrogens (tertiary/aromatic N) is 1. The van der Waals surface area contributed by atoms with E-state index in [9.17, 15) is 9.90 Å². The van der Waals surface area contributed by atoms with Crippen LogP contribution >= 0.6 is 0 Å². The van der Waals surface area contributed by atoms with Gasteiger partial charge in [0.15, 0.2) is 0 Å². The monoisotopic (exact) mass is 241 g/mol. The molecule has 1 fully saturated rings. The van der Waals surface area contributed by atoms with Crippen LogP contribution in [0, 0.1) is 5.92 Å². The zero-order chi connectivity index (χ0) is 13.1. The predicted octanol–water partition coefficient (Wildman–Crippen LogP) is 1.49. The van der Waals surface area contributed by atoms with Gasteiger partial charge in [-0.15, -0.1) is 0 Å². The lowest BCUT2D eigenvalue weighted by Crippen LogP contribution is -2.33. The SMILES string of the molecule is CC(=O)OC[C@H]1/C(=C(C)/C=N/O)CC[C@]1(C)O. The first-order chi connectivity index (χ1) is 7.88. The maximum Gasteiger partial charge on any atom is 0.302 e. The Hall–Kier alpha value is -1.36. The molecule has 1 aliphatic carbocycles. The highest BCUT2D eigenvalue weighted by Crippen LogP contribution is 2.41. The lowest BCUT2D eigenvalue weighted by atomic mass is 9.89. The third-order valence-electron chi connectivity index (χ3n) is 3.28. The van der Waals surface area contributed by atoms with E-state index in [2.05, 4.69) is 5.16 Å². The number of aliphatic hydroxyl groups is 1. The number of esters is 1. The molecule has 0 unspecified atom stereocenters. The molecule has 5 nitrogen and oxygen atoms in total. The normalized spacial score (nSPS) is 31.9. The summed E-state index contributed by atoms with van der Waals surface area (Å²) in [6.07, 6.45) is 2.68. The minimum Gasteiger partial charge on any atom is -0.465 e. The van der Waals surface area contributed by atoms with Gasteiger partial charge in [0.1, 0.15) is 6.61 Å². The lowest BCUT2D eigenvalue weighted by Gasteiger charge is -2.26. The molecule has 2 atom stereocenters. The van der Waals surface area contributed by atoms with Crippen LogP contribution in [-0.2, 0) is 9.53 Å². The molecule has 1 saturated carbocycles. The van der Waals surface area contributed by atoms with Crippen LogP contribution in [0.3, 0.4) is 0 Å². The van der Waals surface area contributed by atoms with Crippen LogP contribution in [0.25, 0.3) is 0 Å². The Morgan fingerprint density at radius 2 is 2.29 bits per heavy atom. The zero-order valence-corrected chi connectivity index (χ0v) is 10.4. The molecular weight excluding hydrogens is 222 g/mol. The van der Waals surface area contributed by atoms with Gasteiger partial charge >= 0.3 is 5.97 Å². The summed E-state index contributed by atoms with van der Waals surface area (Å²) in [5, 5.41) is 21.7. The van der Waals surface area contributed by atoms with Gasteiger partial charge in [-0.1, -0.05) is 10.7 Å². The van der Waals surface area contributed by atoms with E-state index in [0.29, 0.717) is 6.42 Å². The van der Waals surface area contributed by atoms with Crippen LogP contribution in [0.15, 0.2) is 16.3 Å². The fraction of sp³-hybridized carbons (Fsp3) is 0.667. The Morgan fingerprint density at radius 1 is 1.65 bits per heavy atom. The minimum absolute atomic E-state index is 0.161. The third kappa shape index (κ3) is 3.30. The molecule has 0 aromatic rings. The number of hydrogen-bond donors (Lipinski definition) is 2. The van der Waals surface area contributed by atoms with Crippen molar-refractivity contribution in [2.75, 3.05) is 6.61 Å². The second-order valence-corrected chi connectivity index (χ2v) is 4.67. The molecule has 0 aromatic carbocycles. The Bertz CT molecular complexity index is 358. The van der Waals surface area contributed by atoms with Gasteiger partial charge in [-0.3, -0.25) is 4.79 Å². The molecule has 1 aliphatic rings. The minimum atomic E-state index is -0.880. The predicted molar refractivity (Wildman–Crippen MR) is 63.0 cm³/mol. The van der Waals surface area contributed by atoms with Crippen molar-refractivity contribution < 1.29 is 19.8 Å². The number of rotatable bonds is 3. The van der Waals surface area contributed by atoms with Crippen molar-refractivity contribution in [3.05, 3.63) is 11.1 Å². The van der Waals surface area contributed by atoms with Gasteiger partial charge in [-0.05, 0) is 32.3 Å². The molecule has 0 aliphatic heterocycles. The van der Waals surface area contributed by atoms with Crippen molar-refractivity contribution >= 4 is 12.2 Å². The second kappa shape index (κ2) is 5.31. The molecule has 2 N–H and O–H groups in total. The number of carbonyl (C=O) groups excluding carboxylic acids is 1. The summed E-state index contributed by atoms with van der Waals surface area (Å²) in [7, 11) is 0. The molecule has 0 radical (unpaired) electrons. The molecule has 96 valence electrons. The van der Waals surface area contributed by atoms with E-state index in [1.165, 1.54) is 13.1 Å². The summed E-state index contributed by atoms with van der Waals surface area (Å²) in [4.78, 5) is 10.8. The van der Waals surface area contributed by atoms with Gasteiger partial charge in [-0.2, -0.15) is 0 Å². The van der Waals surface area contributed by atoms with Crippen LogP contribution < -0.4 is 0 Å². The maximum atomic E-state index is 10.8. The largest absolute Gasteiger partial charge is 0.465 e. The van der Waals surface area contributed by atoms with Crippen LogP contribution in [0.2, 0.25) is 0 Å². The molecule has 0 aromatic heterocycles. The summed E-state index contributed by atoms with van der Waals surface area (Å²) in [5.41, 5.74) is 0.909. The molecule has 0 saturated heterocycles. The van der Waals surface area contributed by atoms with E-state index in [-0.39, 0.29) is 18.5 Å². The summed E-state index contributed by atoms with van der Waals surface area (Å²) in [6.45, 7) is 5.05. The summed E-state index contributed by atoms with van der Waals surface area (Å²) in [6, 6.07) is 0. The topological polar surface area (TPSA) is 79.1 Å². The molecule has 0 bridgehead atoms. The van der Waals surface area contributed by atoms with E-state index in [4.69, 9.17) is 9.94 Å². The summed E-state index contributed by atoms with van der Waals surface area (Å²) >= 11 is 0. The van der Waals surface area contributed by atoms with Crippen LogP contribution in [0.4, 0.5) is 0 Å². The summed E-state index contributed by atoms with van der Waals surface area (Å²) in [5.74, 6) is -0.593. The van der Waals surface area contributed by atoms with Crippen molar-refractivity contribution in [2.45, 2.75) is 39.2 Å². The van der Waals surface area contributed by atoms with Gasteiger partial charge in [0.25, 0.3) is 0 Å². The molecule has 5 heteroatoms. The highest BCUT2D eigenvalue weighted by atomic mass is 16.5. The molecule has 0 spiro atoms. The first kappa shape index (κ1) is 13.7. The van der Waals surface area contributed by atoms with Crippen molar-refractivity contribution in [3.8, 4) is 0 Å². The highest BCUT2D eigenvalue weighted by Gasteiger charge is 2.41. The Morgan fingerprint density at radius 3 is 2.82 bits per heavy atom. The van der Waals surface area contributed by atoms with Gasteiger partial charge < -0.3 is 15.1 Å². The van der Waals surface area contributed by atoms with Crippen molar-refractivity contribution in [1.29, 1.82) is 0 Å². The lowest BCUT2D eigenvalue weighted by molar-refractivity contribution is -0.143.